The summed E-state index contributed by atoms with van der Waals surface area (Å²) in [6, 6.07) is 20.1. The molecular weight excluding hydrogens is 256 g/mol. The van der Waals surface area contributed by atoms with E-state index in [1.54, 1.807) is 10.5 Å². The van der Waals surface area contributed by atoms with E-state index in [1.165, 1.54) is 22.8 Å². The minimum absolute atomic E-state index is 0.732. The zero-order valence-corrected chi connectivity index (χ0v) is 12.3. The standard InChI is InChI=1S/C16H18S2/c1-2-12-18(15-9-4-3-5-10-15)13-14-8-6-7-11-16(14)17-18/h3-11H,2,12-13H2,1H3. The second-order valence-electron chi connectivity index (χ2n) is 4.66. The molecular formula is C16H18S2. The second kappa shape index (κ2) is 5.02. The molecule has 3 rings (SSSR count). The van der Waals surface area contributed by atoms with Crippen LogP contribution in [0.15, 0.2) is 64.4 Å². The van der Waals surface area contributed by atoms with Gasteiger partial charge in [-0.3, -0.25) is 0 Å². The average Bonchev–Trinajstić information content (AvgIpc) is 2.79. The normalized spacial score (nSPS) is 25.4. The van der Waals surface area contributed by atoms with Crippen LogP contribution in [0.1, 0.15) is 18.9 Å². The zero-order chi connectivity index (χ0) is 12.4. The predicted octanol–water partition coefficient (Wildman–Crippen LogP) is 5.48. The maximum Gasteiger partial charge on any atom is 0.0211 e. The fraction of sp³-hybridized carbons (Fsp3) is 0.250. The van der Waals surface area contributed by atoms with Gasteiger partial charge in [0.2, 0.25) is 0 Å². The van der Waals surface area contributed by atoms with E-state index in [4.69, 9.17) is 0 Å². The van der Waals surface area contributed by atoms with Crippen LogP contribution in [0.4, 0.5) is 0 Å². The van der Waals surface area contributed by atoms with Crippen LogP contribution in [0.25, 0.3) is 0 Å². The molecule has 2 aromatic carbocycles. The maximum atomic E-state index is 2.32. The molecule has 0 aromatic heterocycles. The summed E-state index contributed by atoms with van der Waals surface area (Å²) in [7, 11) is 1.41. The van der Waals surface area contributed by atoms with Crippen LogP contribution in [0.3, 0.4) is 0 Å². The topological polar surface area (TPSA) is 0 Å². The lowest BCUT2D eigenvalue weighted by molar-refractivity contribution is 1.09. The van der Waals surface area contributed by atoms with Crippen molar-refractivity contribution >= 4 is 19.9 Å². The van der Waals surface area contributed by atoms with Gasteiger partial charge < -0.3 is 0 Å². The Labute approximate surface area is 115 Å². The first kappa shape index (κ1) is 12.2. The number of hydrogen-bond acceptors (Lipinski definition) is 1. The van der Waals surface area contributed by atoms with Crippen LogP contribution in [0.5, 0.6) is 0 Å². The van der Waals surface area contributed by atoms with Crippen molar-refractivity contribution in [3.63, 3.8) is 0 Å². The van der Waals surface area contributed by atoms with Gasteiger partial charge >= 0.3 is 0 Å². The number of rotatable bonds is 3. The van der Waals surface area contributed by atoms with Crippen molar-refractivity contribution in [1.82, 2.24) is 0 Å². The third-order valence-electron chi connectivity index (χ3n) is 3.32. The van der Waals surface area contributed by atoms with Gasteiger partial charge in [-0.05, 0) is 40.8 Å². The quantitative estimate of drug-likeness (QED) is 0.668. The lowest BCUT2D eigenvalue weighted by atomic mass is 10.2. The highest BCUT2D eigenvalue weighted by atomic mass is 33.2. The molecule has 18 heavy (non-hydrogen) atoms. The Morgan fingerprint density at radius 1 is 1.00 bits per heavy atom. The summed E-state index contributed by atoms with van der Waals surface area (Å²) in [6.07, 6.45) is 1.27. The van der Waals surface area contributed by atoms with Crippen molar-refractivity contribution in [2.75, 3.05) is 5.75 Å². The van der Waals surface area contributed by atoms with Crippen LogP contribution in [-0.2, 0) is 5.75 Å². The number of fused-ring (bicyclic) bond motifs is 1. The zero-order valence-electron chi connectivity index (χ0n) is 10.6. The van der Waals surface area contributed by atoms with Crippen molar-refractivity contribution in [1.29, 1.82) is 0 Å². The molecule has 1 unspecified atom stereocenters. The highest BCUT2D eigenvalue weighted by molar-refractivity contribution is 8.94. The van der Waals surface area contributed by atoms with E-state index in [2.05, 4.69) is 72.3 Å². The van der Waals surface area contributed by atoms with Gasteiger partial charge in [0.1, 0.15) is 0 Å². The third-order valence-corrected chi connectivity index (χ3v) is 10.1. The first-order chi connectivity index (χ1) is 8.84. The monoisotopic (exact) mass is 274 g/mol. The molecule has 2 aromatic rings. The summed E-state index contributed by atoms with van der Waals surface area (Å²) >= 11 is 0. The highest BCUT2D eigenvalue weighted by Crippen LogP contribution is 2.75. The molecule has 0 saturated carbocycles. The molecule has 0 N–H and O–H groups in total. The van der Waals surface area contributed by atoms with Gasteiger partial charge in [0.25, 0.3) is 0 Å². The minimum Gasteiger partial charge on any atom is -0.157 e. The molecule has 0 spiro atoms. The van der Waals surface area contributed by atoms with Crippen molar-refractivity contribution in [2.45, 2.75) is 28.9 Å². The van der Waals surface area contributed by atoms with E-state index >= 15 is 0 Å². The number of benzene rings is 2. The fourth-order valence-electron chi connectivity index (χ4n) is 2.52. The summed E-state index contributed by atoms with van der Waals surface area (Å²) in [4.78, 5) is 3.07. The second-order valence-corrected chi connectivity index (χ2v) is 10.5. The van der Waals surface area contributed by atoms with Crippen molar-refractivity contribution < 1.29 is 0 Å². The first-order valence-corrected chi connectivity index (χ1v) is 9.76. The Balaban J connectivity index is 2.02. The molecule has 1 aliphatic heterocycles. The summed E-state index contributed by atoms with van der Waals surface area (Å²) in [5, 5.41) is 0. The molecule has 0 nitrogen and oxygen atoms in total. The average molecular weight is 274 g/mol. The number of hydrogen-bond donors (Lipinski definition) is 0. The lowest BCUT2D eigenvalue weighted by Crippen LogP contribution is -2.00. The SMILES string of the molecule is CCCS1(c2ccccc2)Cc2ccccc2S1. The molecule has 2 heteroatoms. The summed E-state index contributed by atoms with van der Waals surface area (Å²) in [5.74, 6) is 2.59. The van der Waals surface area contributed by atoms with Crippen LogP contribution >= 0.6 is 19.9 Å². The van der Waals surface area contributed by atoms with Gasteiger partial charge in [-0.2, -0.15) is 9.06 Å². The molecule has 0 saturated heterocycles. The van der Waals surface area contributed by atoms with E-state index in [9.17, 15) is 0 Å². The van der Waals surface area contributed by atoms with Gasteiger partial charge in [0.05, 0.1) is 0 Å². The molecule has 0 fully saturated rings. The van der Waals surface area contributed by atoms with Gasteiger partial charge in [0.15, 0.2) is 0 Å². The highest BCUT2D eigenvalue weighted by Gasteiger charge is 2.33. The summed E-state index contributed by atoms with van der Waals surface area (Å²) < 4.78 is 0. The van der Waals surface area contributed by atoms with Crippen LogP contribution in [0.2, 0.25) is 0 Å². The van der Waals surface area contributed by atoms with Gasteiger partial charge in [-0.15, -0.1) is 0 Å². The molecule has 0 amide bonds. The first-order valence-electron chi connectivity index (χ1n) is 6.45. The summed E-state index contributed by atoms with van der Waals surface area (Å²) in [5.41, 5.74) is 1.55. The van der Waals surface area contributed by atoms with Crippen molar-refractivity contribution in [3.05, 3.63) is 60.2 Å². The predicted molar refractivity (Wildman–Crippen MR) is 83.5 cm³/mol. The smallest absolute Gasteiger partial charge is 0.0211 e. The third kappa shape index (κ3) is 2.08. The largest absolute Gasteiger partial charge is 0.157 e. The van der Waals surface area contributed by atoms with Gasteiger partial charge in [0, 0.05) is 10.6 Å². The Kier molecular flexibility index (Phi) is 3.40. The van der Waals surface area contributed by atoms with Crippen LogP contribution < -0.4 is 0 Å². The van der Waals surface area contributed by atoms with Gasteiger partial charge in [-0.1, -0.05) is 54.1 Å². The molecule has 0 radical (unpaired) electrons. The van der Waals surface area contributed by atoms with E-state index in [-0.39, 0.29) is 0 Å². The lowest BCUT2D eigenvalue weighted by Gasteiger charge is -2.34. The summed E-state index contributed by atoms with van der Waals surface area (Å²) in [6.45, 7) is 2.31. The Bertz CT molecular complexity index is 509. The Morgan fingerprint density at radius 2 is 1.72 bits per heavy atom. The molecule has 0 bridgehead atoms. The Morgan fingerprint density at radius 3 is 2.44 bits per heavy atom. The van der Waals surface area contributed by atoms with E-state index < -0.39 is 9.06 Å². The minimum atomic E-state index is -0.732. The van der Waals surface area contributed by atoms with Crippen LogP contribution in [0, 0.1) is 0 Å². The van der Waals surface area contributed by atoms with Crippen molar-refractivity contribution in [2.24, 2.45) is 0 Å². The van der Waals surface area contributed by atoms with E-state index in [0.717, 1.165) is 0 Å². The van der Waals surface area contributed by atoms with E-state index in [1.807, 2.05) is 0 Å². The van der Waals surface area contributed by atoms with Crippen molar-refractivity contribution in [3.8, 4) is 0 Å². The van der Waals surface area contributed by atoms with Gasteiger partial charge in [-0.25, -0.2) is 0 Å². The molecule has 1 heterocycles. The Hall–Kier alpha value is -0.860. The molecule has 1 aliphatic rings. The molecule has 94 valence electrons. The molecule has 1 atom stereocenters. The maximum absolute atomic E-state index is 2.32. The molecule has 0 aliphatic carbocycles. The van der Waals surface area contributed by atoms with Crippen LogP contribution in [-0.4, -0.2) is 5.75 Å². The van der Waals surface area contributed by atoms with E-state index in [0.29, 0.717) is 0 Å². The fourth-order valence-corrected chi connectivity index (χ4v) is 9.64.